The fraction of sp³-hybridized carbons (Fsp3) is 0.774. The van der Waals surface area contributed by atoms with Crippen LogP contribution in [0.25, 0.3) is 0 Å². The van der Waals surface area contributed by atoms with E-state index >= 15 is 0 Å². The fourth-order valence-corrected chi connectivity index (χ4v) is 7.56. The first kappa shape index (κ1) is 31.7. The molecule has 41 heavy (non-hydrogen) atoms. The zero-order valence-corrected chi connectivity index (χ0v) is 26.3. The molecule has 3 aliphatic rings. The summed E-state index contributed by atoms with van der Waals surface area (Å²) in [6, 6.07) is 1.58. The zero-order valence-electron chi connectivity index (χ0n) is 25.5. The van der Waals surface area contributed by atoms with E-state index in [0.717, 1.165) is 62.6 Å². The zero-order chi connectivity index (χ0) is 29.8. The van der Waals surface area contributed by atoms with Crippen molar-refractivity contribution in [2.24, 2.45) is 5.92 Å². The third kappa shape index (κ3) is 7.80. The number of rotatable bonds is 8. The van der Waals surface area contributed by atoms with E-state index in [4.69, 9.17) is 0 Å². The molecule has 0 aromatic carbocycles. The minimum Gasteiger partial charge on any atom is -0.341 e. The van der Waals surface area contributed by atoms with Crippen molar-refractivity contribution < 1.29 is 18.0 Å². The molecule has 0 unspecified atom stereocenters. The first-order valence-corrected chi connectivity index (χ1v) is 17.3. The average Bonchev–Trinajstić information content (AvgIpc) is 2.91. The van der Waals surface area contributed by atoms with Gasteiger partial charge in [0.2, 0.25) is 15.9 Å². The van der Waals surface area contributed by atoms with Crippen LogP contribution >= 0.6 is 0 Å². The molecular formula is C31H50N4O5S. The molecule has 2 heterocycles. The molecule has 9 nitrogen and oxygen atoms in total. The first-order chi connectivity index (χ1) is 19.4. The van der Waals surface area contributed by atoms with Gasteiger partial charge in [-0.15, -0.1) is 0 Å². The van der Waals surface area contributed by atoms with E-state index in [1.807, 2.05) is 4.57 Å². The Hall–Kier alpha value is -2.20. The topological polar surface area (TPSA) is 118 Å². The summed E-state index contributed by atoms with van der Waals surface area (Å²) in [5.41, 5.74) is 0.867. The predicted octanol–water partition coefficient (Wildman–Crippen LogP) is 3.91. The summed E-state index contributed by atoms with van der Waals surface area (Å²) in [6.07, 6.45) is 13.0. The molecule has 2 N–H and O–H groups in total. The summed E-state index contributed by atoms with van der Waals surface area (Å²) in [5.74, 6) is -0.278. The summed E-state index contributed by atoms with van der Waals surface area (Å²) in [7, 11) is -3.38. The van der Waals surface area contributed by atoms with Crippen LogP contribution in [0.5, 0.6) is 0 Å². The number of amides is 2. The lowest BCUT2D eigenvalue weighted by Gasteiger charge is -2.37. The number of likely N-dealkylation sites (tertiary alicyclic amines) is 1. The molecule has 0 radical (unpaired) electrons. The number of fused-ring (bicyclic) bond motifs is 1. The highest BCUT2D eigenvalue weighted by molar-refractivity contribution is 7.90. The van der Waals surface area contributed by atoms with Crippen molar-refractivity contribution in [3.05, 3.63) is 33.2 Å². The molecular weight excluding hydrogens is 540 g/mol. The maximum atomic E-state index is 13.9. The number of piperidine rings is 1. The lowest BCUT2D eigenvalue weighted by molar-refractivity contribution is -0.137. The van der Waals surface area contributed by atoms with Crippen LogP contribution in [0, 0.1) is 5.92 Å². The molecule has 1 aromatic heterocycles. The number of aromatic nitrogens is 1. The van der Waals surface area contributed by atoms with Gasteiger partial charge in [-0.05, 0) is 96.6 Å². The van der Waals surface area contributed by atoms with Crippen LogP contribution < -0.4 is 15.6 Å². The number of carbonyl (C=O) groups is 2. The van der Waals surface area contributed by atoms with Gasteiger partial charge in [0.15, 0.2) is 0 Å². The van der Waals surface area contributed by atoms with Crippen LogP contribution in [0.3, 0.4) is 0 Å². The second-order valence-corrected chi connectivity index (χ2v) is 15.5. The molecule has 0 spiro atoms. The number of hydrogen-bond donors (Lipinski definition) is 2. The quantitative estimate of drug-likeness (QED) is 0.476. The van der Waals surface area contributed by atoms with Crippen LogP contribution in [0.15, 0.2) is 10.9 Å². The van der Waals surface area contributed by atoms with E-state index in [2.05, 4.69) is 10.0 Å². The molecule has 10 heteroatoms. The summed E-state index contributed by atoms with van der Waals surface area (Å²) >= 11 is 0. The molecule has 2 fully saturated rings. The number of aryl methyl sites for hydroxylation is 1. The largest absolute Gasteiger partial charge is 0.341 e. The van der Waals surface area contributed by atoms with Crippen LogP contribution in [-0.2, 0) is 34.2 Å². The highest BCUT2D eigenvalue weighted by Crippen LogP contribution is 2.27. The summed E-state index contributed by atoms with van der Waals surface area (Å²) in [6.45, 7) is 8.10. The standard InChI is InChI=1S/C31H50N4O5S/c1-22(2)41(39,40)33-25-16-18-34(19-17-25)30(38)31(3,4)32-28(36)26-20-24-14-10-5-6-11-15-27(24)35(29(26)37)21-23-12-8-7-9-13-23/h20,22-23,25,33H,5-19,21H2,1-4H3,(H,32,36). The van der Waals surface area contributed by atoms with E-state index in [1.165, 1.54) is 19.3 Å². The van der Waals surface area contributed by atoms with Crippen LogP contribution in [0.1, 0.15) is 120 Å². The molecule has 2 amide bonds. The van der Waals surface area contributed by atoms with E-state index in [1.54, 1.807) is 38.7 Å². The van der Waals surface area contributed by atoms with Gasteiger partial charge in [-0.1, -0.05) is 32.1 Å². The maximum Gasteiger partial charge on any atom is 0.263 e. The van der Waals surface area contributed by atoms with Gasteiger partial charge < -0.3 is 14.8 Å². The maximum absolute atomic E-state index is 13.9. The van der Waals surface area contributed by atoms with Gasteiger partial charge >= 0.3 is 0 Å². The van der Waals surface area contributed by atoms with Crippen molar-refractivity contribution in [1.29, 1.82) is 0 Å². The lowest BCUT2D eigenvalue weighted by atomic mass is 9.88. The molecule has 2 aliphatic carbocycles. The van der Waals surface area contributed by atoms with Crippen molar-refractivity contribution in [3.8, 4) is 0 Å². The van der Waals surface area contributed by atoms with E-state index in [-0.39, 0.29) is 23.1 Å². The van der Waals surface area contributed by atoms with Gasteiger partial charge in [-0.3, -0.25) is 14.4 Å². The number of sulfonamides is 1. The fourth-order valence-electron chi connectivity index (χ4n) is 6.59. The molecule has 0 bridgehead atoms. The van der Waals surface area contributed by atoms with Gasteiger partial charge in [0.1, 0.15) is 11.1 Å². The SMILES string of the molecule is CC(C)S(=O)(=O)NC1CCN(C(=O)C(C)(C)NC(=O)c2cc3c(n(CC4CCCCC4)c2=O)CCCCCC3)CC1. The van der Waals surface area contributed by atoms with Crippen LogP contribution in [-0.4, -0.2) is 59.6 Å². The molecule has 1 aromatic rings. The van der Waals surface area contributed by atoms with Crippen molar-refractivity contribution in [3.63, 3.8) is 0 Å². The Kier molecular flexibility index (Phi) is 10.4. The number of nitrogens with zero attached hydrogens (tertiary/aromatic N) is 2. The molecule has 1 saturated carbocycles. The van der Waals surface area contributed by atoms with Crippen molar-refractivity contribution >= 4 is 21.8 Å². The molecule has 1 aliphatic heterocycles. The Morgan fingerprint density at radius 1 is 0.951 bits per heavy atom. The summed E-state index contributed by atoms with van der Waals surface area (Å²) in [4.78, 5) is 42.7. The normalized spacial score (nSPS) is 19.9. The van der Waals surface area contributed by atoms with E-state index in [9.17, 15) is 22.8 Å². The smallest absolute Gasteiger partial charge is 0.263 e. The highest BCUT2D eigenvalue weighted by Gasteiger charge is 2.37. The second-order valence-electron chi connectivity index (χ2n) is 13.2. The van der Waals surface area contributed by atoms with Gasteiger partial charge in [0.25, 0.3) is 11.5 Å². The average molecular weight is 591 g/mol. The van der Waals surface area contributed by atoms with Gasteiger partial charge in [0, 0.05) is 31.4 Å². The molecule has 4 rings (SSSR count). The Morgan fingerprint density at radius 2 is 1.56 bits per heavy atom. The third-order valence-corrected chi connectivity index (χ3v) is 11.1. The molecule has 1 saturated heterocycles. The minimum atomic E-state index is -3.38. The van der Waals surface area contributed by atoms with E-state index < -0.39 is 26.7 Å². The van der Waals surface area contributed by atoms with Crippen molar-refractivity contribution in [1.82, 2.24) is 19.5 Å². The Morgan fingerprint density at radius 3 is 2.20 bits per heavy atom. The monoisotopic (exact) mass is 590 g/mol. The summed E-state index contributed by atoms with van der Waals surface area (Å²) in [5, 5.41) is 2.37. The van der Waals surface area contributed by atoms with Crippen LogP contribution in [0.2, 0.25) is 0 Å². The van der Waals surface area contributed by atoms with Crippen LogP contribution in [0.4, 0.5) is 0 Å². The third-order valence-electron chi connectivity index (χ3n) is 9.20. The van der Waals surface area contributed by atoms with Gasteiger partial charge in [-0.2, -0.15) is 0 Å². The predicted molar refractivity (Wildman–Crippen MR) is 161 cm³/mol. The minimum absolute atomic E-state index is 0.128. The number of hydrogen-bond acceptors (Lipinski definition) is 5. The number of carbonyl (C=O) groups excluding carboxylic acids is 2. The second kappa shape index (κ2) is 13.4. The van der Waals surface area contributed by atoms with Crippen molar-refractivity contribution in [2.75, 3.05) is 13.1 Å². The Balaban J connectivity index is 1.50. The Bertz CT molecular complexity index is 1260. The summed E-state index contributed by atoms with van der Waals surface area (Å²) < 4.78 is 29.2. The van der Waals surface area contributed by atoms with Gasteiger partial charge in [0.05, 0.1) is 5.25 Å². The molecule has 230 valence electrons. The Labute approximate surface area is 245 Å². The van der Waals surface area contributed by atoms with E-state index in [0.29, 0.717) is 38.4 Å². The van der Waals surface area contributed by atoms with Crippen molar-refractivity contribution in [2.45, 2.75) is 135 Å². The number of pyridine rings is 1. The molecule has 0 atom stereocenters. The number of nitrogens with one attached hydrogen (secondary N) is 2. The highest BCUT2D eigenvalue weighted by atomic mass is 32.2. The lowest BCUT2D eigenvalue weighted by Crippen LogP contribution is -2.59. The first-order valence-electron chi connectivity index (χ1n) is 15.8. The van der Waals surface area contributed by atoms with Gasteiger partial charge in [-0.25, -0.2) is 13.1 Å².